The molecular weight excluding hydrogens is 256 g/mol. The van der Waals surface area contributed by atoms with E-state index in [1.165, 1.54) is 6.07 Å². The first-order chi connectivity index (χ1) is 9.22. The van der Waals surface area contributed by atoms with E-state index in [0.717, 1.165) is 5.69 Å². The Hall–Kier alpha value is -2.11. The summed E-state index contributed by atoms with van der Waals surface area (Å²) < 4.78 is 0. The van der Waals surface area contributed by atoms with Gasteiger partial charge in [-0.3, -0.25) is 9.59 Å². The molecule has 1 rings (SSSR count). The number of carbonyl (C=O) groups is 2. The fourth-order valence-corrected chi connectivity index (χ4v) is 1.79. The topological polar surface area (TPSA) is 111 Å². The molecule has 6 heteroatoms. The van der Waals surface area contributed by atoms with Crippen LogP contribution in [0.25, 0.3) is 0 Å². The number of hydrogen-bond donors (Lipinski definition) is 3. The molecule has 1 unspecified atom stereocenters. The van der Waals surface area contributed by atoms with E-state index >= 15 is 0 Å². The number of anilines is 1. The number of hydrogen-bond acceptors (Lipinski definition) is 4. The largest absolute Gasteiger partial charge is 0.384 e. The van der Waals surface area contributed by atoms with Gasteiger partial charge < -0.3 is 16.8 Å². The summed E-state index contributed by atoms with van der Waals surface area (Å²) in [5.74, 6) is -0.582. The van der Waals surface area contributed by atoms with E-state index in [1.807, 2.05) is 27.7 Å². The van der Waals surface area contributed by atoms with Gasteiger partial charge in [0.15, 0.2) is 0 Å². The number of amides is 2. The lowest BCUT2D eigenvalue weighted by Gasteiger charge is -2.19. The van der Waals surface area contributed by atoms with Crippen molar-refractivity contribution in [2.45, 2.75) is 39.7 Å². The van der Waals surface area contributed by atoms with Crippen molar-refractivity contribution in [1.29, 1.82) is 0 Å². The summed E-state index contributed by atoms with van der Waals surface area (Å²) in [6.07, 6.45) is 0. The van der Waals surface area contributed by atoms with Gasteiger partial charge in [-0.15, -0.1) is 0 Å². The molecular formula is C14H22N4O2. The molecule has 6 nitrogen and oxygen atoms in total. The minimum atomic E-state index is -0.709. The van der Waals surface area contributed by atoms with Gasteiger partial charge in [-0.2, -0.15) is 0 Å². The maximum Gasteiger partial charge on any atom is 0.252 e. The summed E-state index contributed by atoms with van der Waals surface area (Å²) in [6, 6.07) is 2.45. The quantitative estimate of drug-likeness (QED) is 0.746. The van der Waals surface area contributed by atoms with Gasteiger partial charge in [0.1, 0.15) is 11.9 Å². The maximum absolute atomic E-state index is 12.2. The normalized spacial score (nSPS) is 12.5. The van der Waals surface area contributed by atoms with Gasteiger partial charge in [0.2, 0.25) is 5.91 Å². The number of nitrogens with two attached hydrogens (primary N) is 2. The standard InChI is InChI=1S/C14H22N4O2/c1-7(2)10-5-9(6-11(15)17-10)14(20)18-12(8(3)4)13(16)19/h5-8,12H,1-4H3,(H2,15,17)(H2,16,19)(H,18,20). The van der Waals surface area contributed by atoms with Crippen molar-refractivity contribution in [2.24, 2.45) is 11.7 Å². The van der Waals surface area contributed by atoms with Crippen molar-refractivity contribution in [2.75, 3.05) is 5.73 Å². The van der Waals surface area contributed by atoms with Crippen LogP contribution in [-0.2, 0) is 4.79 Å². The van der Waals surface area contributed by atoms with E-state index in [-0.39, 0.29) is 23.6 Å². The van der Waals surface area contributed by atoms with Crippen LogP contribution in [0.3, 0.4) is 0 Å². The van der Waals surface area contributed by atoms with Crippen molar-refractivity contribution in [3.8, 4) is 0 Å². The molecule has 1 atom stereocenters. The first kappa shape index (κ1) is 15.9. The summed E-state index contributed by atoms with van der Waals surface area (Å²) in [7, 11) is 0. The Bertz CT molecular complexity index is 512. The summed E-state index contributed by atoms with van der Waals surface area (Å²) in [5, 5.41) is 2.63. The van der Waals surface area contributed by atoms with Crippen LogP contribution in [-0.4, -0.2) is 22.8 Å². The van der Waals surface area contributed by atoms with E-state index in [1.54, 1.807) is 6.07 Å². The van der Waals surface area contributed by atoms with Gasteiger partial charge >= 0.3 is 0 Å². The van der Waals surface area contributed by atoms with Gasteiger partial charge in [-0.05, 0) is 24.0 Å². The minimum absolute atomic E-state index is 0.0831. The van der Waals surface area contributed by atoms with Crippen molar-refractivity contribution < 1.29 is 9.59 Å². The molecule has 0 aliphatic heterocycles. The highest BCUT2D eigenvalue weighted by Gasteiger charge is 2.22. The zero-order chi connectivity index (χ0) is 15.4. The Labute approximate surface area is 118 Å². The molecule has 1 heterocycles. The van der Waals surface area contributed by atoms with Crippen LogP contribution in [0, 0.1) is 5.92 Å². The maximum atomic E-state index is 12.2. The third-order valence-electron chi connectivity index (χ3n) is 2.98. The van der Waals surface area contributed by atoms with Gasteiger partial charge in [0, 0.05) is 11.3 Å². The molecule has 110 valence electrons. The predicted octanol–water partition coefficient (Wildman–Crippen LogP) is 1.03. The van der Waals surface area contributed by atoms with E-state index in [9.17, 15) is 9.59 Å². The molecule has 0 aliphatic rings. The monoisotopic (exact) mass is 278 g/mol. The Morgan fingerprint density at radius 3 is 2.25 bits per heavy atom. The highest BCUT2D eigenvalue weighted by molar-refractivity contribution is 5.97. The van der Waals surface area contributed by atoms with Gasteiger partial charge in [-0.25, -0.2) is 4.98 Å². The van der Waals surface area contributed by atoms with Crippen molar-refractivity contribution in [1.82, 2.24) is 10.3 Å². The van der Waals surface area contributed by atoms with E-state index < -0.39 is 11.9 Å². The van der Waals surface area contributed by atoms with Gasteiger partial charge in [-0.1, -0.05) is 27.7 Å². The molecule has 1 aromatic heterocycles. The SMILES string of the molecule is CC(C)c1cc(C(=O)NC(C(N)=O)C(C)C)cc(N)n1. The lowest BCUT2D eigenvalue weighted by atomic mass is 10.0. The number of carbonyl (C=O) groups excluding carboxylic acids is 2. The molecule has 5 N–H and O–H groups in total. The van der Waals surface area contributed by atoms with Crippen LogP contribution in [0.1, 0.15) is 49.7 Å². The van der Waals surface area contributed by atoms with Crippen LogP contribution >= 0.6 is 0 Å². The summed E-state index contributed by atoms with van der Waals surface area (Å²) in [5.41, 5.74) is 12.1. The molecule has 0 fully saturated rings. The van der Waals surface area contributed by atoms with Crippen molar-refractivity contribution in [3.63, 3.8) is 0 Å². The highest BCUT2D eigenvalue weighted by atomic mass is 16.2. The number of nitrogens with zero attached hydrogens (tertiary/aromatic N) is 1. The second-order valence-corrected chi connectivity index (χ2v) is 5.46. The second kappa shape index (κ2) is 6.36. The predicted molar refractivity (Wildman–Crippen MR) is 78.0 cm³/mol. The van der Waals surface area contributed by atoms with Gasteiger partial charge in [0.25, 0.3) is 5.91 Å². The lowest BCUT2D eigenvalue weighted by molar-refractivity contribution is -0.120. The molecule has 0 aliphatic carbocycles. The Morgan fingerprint density at radius 1 is 1.20 bits per heavy atom. The van der Waals surface area contributed by atoms with E-state index in [0.29, 0.717) is 5.56 Å². The van der Waals surface area contributed by atoms with Crippen LogP contribution in [0.5, 0.6) is 0 Å². The number of nitrogen functional groups attached to an aromatic ring is 1. The number of primary amides is 1. The first-order valence-electron chi connectivity index (χ1n) is 6.60. The number of aromatic nitrogens is 1. The Morgan fingerprint density at radius 2 is 1.80 bits per heavy atom. The van der Waals surface area contributed by atoms with Gasteiger partial charge in [0.05, 0.1) is 0 Å². The molecule has 0 aromatic carbocycles. The fourth-order valence-electron chi connectivity index (χ4n) is 1.79. The van der Waals surface area contributed by atoms with E-state index in [4.69, 9.17) is 11.5 Å². The lowest BCUT2D eigenvalue weighted by Crippen LogP contribution is -2.47. The zero-order valence-electron chi connectivity index (χ0n) is 12.3. The molecule has 0 bridgehead atoms. The second-order valence-electron chi connectivity index (χ2n) is 5.46. The third-order valence-corrected chi connectivity index (χ3v) is 2.98. The smallest absolute Gasteiger partial charge is 0.252 e. The van der Waals surface area contributed by atoms with Crippen LogP contribution in [0.4, 0.5) is 5.82 Å². The molecule has 0 spiro atoms. The number of pyridine rings is 1. The molecule has 0 saturated heterocycles. The van der Waals surface area contributed by atoms with Crippen LogP contribution in [0.2, 0.25) is 0 Å². The average molecular weight is 278 g/mol. The minimum Gasteiger partial charge on any atom is -0.384 e. The number of nitrogens with one attached hydrogen (secondary N) is 1. The summed E-state index contributed by atoms with van der Waals surface area (Å²) in [4.78, 5) is 27.7. The van der Waals surface area contributed by atoms with Crippen molar-refractivity contribution in [3.05, 3.63) is 23.4 Å². The summed E-state index contributed by atoms with van der Waals surface area (Å²) >= 11 is 0. The molecule has 0 saturated carbocycles. The molecule has 0 radical (unpaired) electrons. The molecule has 20 heavy (non-hydrogen) atoms. The van der Waals surface area contributed by atoms with Crippen molar-refractivity contribution >= 4 is 17.6 Å². The number of rotatable bonds is 5. The average Bonchev–Trinajstić information content (AvgIpc) is 2.33. The van der Waals surface area contributed by atoms with E-state index in [2.05, 4.69) is 10.3 Å². The molecule has 1 aromatic rings. The zero-order valence-corrected chi connectivity index (χ0v) is 12.3. The highest BCUT2D eigenvalue weighted by Crippen LogP contribution is 2.16. The molecule has 2 amide bonds. The van der Waals surface area contributed by atoms with Crippen LogP contribution < -0.4 is 16.8 Å². The Kier molecular flexibility index (Phi) is 5.07. The fraction of sp³-hybridized carbons (Fsp3) is 0.500. The van der Waals surface area contributed by atoms with Crippen LogP contribution in [0.15, 0.2) is 12.1 Å². The first-order valence-corrected chi connectivity index (χ1v) is 6.60. The Balaban J connectivity index is 3.00. The summed E-state index contributed by atoms with van der Waals surface area (Å²) in [6.45, 7) is 7.56. The third kappa shape index (κ3) is 3.94.